The maximum absolute atomic E-state index is 12.0. The van der Waals surface area contributed by atoms with Crippen molar-refractivity contribution in [2.24, 2.45) is 5.73 Å². The van der Waals surface area contributed by atoms with Crippen molar-refractivity contribution >= 4 is 21.3 Å². The first-order valence-corrected chi connectivity index (χ1v) is 9.37. The van der Waals surface area contributed by atoms with E-state index < -0.39 is 26.1 Å². The Balaban J connectivity index is 2.59. The fourth-order valence-corrected chi connectivity index (χ4v) is 2.81. The molecule has 0 fully saturated rings. The smallest absolute Gasteiger partial charge is 0.402 e. The third kappa shape index (κ3) is 7.03. The minimum atomic E-state index is -3.98. The van der Waals surface area contributed by atoms with Gasteiger partial charge in [-0.1, -0.05) is 18.5 Å². The van der Waals surface area contributed by atoms with Crippen LogP contribution in [0.3, 0.4) is 0 Å². The minimum absolute atomic E-state index is 0.207. The summed E-state index contributed by atoms with van der Waals surface area (Å²) < 4.78 is 22.2. The van der Waals surface area contributed by atoms with Gasteiger partial charge in [-0.15, -0.1) is 0 Å². The topological polar surface area (TPSA) is 131 Å². The van der Waals surface area contributed by atoms with E-state index >= 15 is 0 Å². The molecule has 134 valence electrons. The molecule has 0 aromatic heterocycles. The summed E-state index contributed by atoms with van der Waals surface area (Å²) in [4.78, 5) is 21.2. The van der Waals surface area contributed by atoms with Gasteiger partial charge in [0.05, 0.1) is 18.8 Å². The minimum Gasteiger partial charge on any atom is -0.423 e. The number of aliphatic hydroxyl groups excluding tert-OH is 1. The van der Waals surface area contributed by atoms with E-state index in [0.29, 0.717) is 12.7 Å². The normalized spacial score (nSPS) is 16.0. The second kappa shape index (κ2) is 9.81. The number of aliphatic hydroxyl groups is 1. The van der Waals surface area contributed by atoms with Gasteiger partial charge in [0.1, 0.15) is 13.6 Å². The standard InChI is InChI=1S/C14H24BN2O6P/c1-17-14(19)13(16)6-10-2-4-11(5-3-10)23-24(20,21)9-22-12(7-15)8-18/h2-5,12-13,18H,6-9,15-16H2,1H3,(H,17,19)(H,20,21)/t12-,13?/m0/s1. The van der Waals surface area contributed by atoms with Gasteiger partial charge in [0.15, 0.2) is 6.35 Å². The number of hydrogen-bond donors (Lipinski definition) is 4. The zero-order chi connectivity index (χ0) is 18.2. The van der Waals surface area contributed by atoms with Crippen LogP contribution in [0.5, 0.6) is 5.75 Å². The summed E-state index contributed by atoms with van der Waals surface area (Å²) in [6, 6.07) is 5.72. The molecule has 0 aliphatic rings. The van der Waals surface area contributed by atoms with Crippen molar-refractivity contribution in [1.29, 1.82) is 0 Å². The molecule has 1 amide bonds. The number of ether oxygens (including phenoxy) is 1. The van der Waals surface area contributed by atoms with Gasteiger partial charge >= 0.3 is 7.60 Å². The third-order valence-corrected chi connectivity index (χ3v) is 4.31. The Morgan fingerprint density at radius 2 is 2.04 bits per heavy atom. The summed E-state index contributed by atoms with van der Waals surface area (Å²) in [5, 5.41) is 11.5. The van der Waals surface area contributed by atoms with Gasteiger partial charge in [-0.25, -0.2) is 4.57 Å². The largest absolute Gasteiger partial charge is 0.423 e. The summed E-state index contributed by atoms with van der Waals surface area (Å²) in [5.41, 5.74) is 6.53. The molecule has 2 unspecified atom stereocenters. The number of likely N-dealkylation sites (N-methyl/N-ethyl adjacent to an activating group) is 1. The Hall–Kier alpha value is -1.38. The summed E-state index contributed by atoms with van der Waals surface area (Å²) in [6.45, 7) is -0.225. The highest BCUT2D eigenvalue weighted by Gasteiger charge is 2.23. The summed E-state index contributed by atoms with van der Waals surface area (Å²) >= 11 is 0. The van der Waals surface area contributed by atoms with Gasteiger partial charge in [-0.3, -0.25) is 4.79 Å². The monoisotopic (exact) mass is 358 g/mol. The van der Waals surface area contributed by atoms with Crippen molar-refractivity contribution < 1.29 is 28.6 Å². The van der Waals surface area contributed by atoms with Crippen LogP contribution in [-0.2, 0) is 20.5 Å². The van der Waals surface area contributed by atoms with Gasteiger partial charge in [-0.2, -0.15) is 0 Å². The van der Waals surface area contributed by atoms with Crippen molar-refractivity contribution in [1.82, 2.24) is 5.32 Å². The maximum atomic E-state index is 12.0. The molecule has 0 spiro atoms. The van der Waals surface area contributed by atoms with E-state index in [9.17, 15) is 14.3 Å². The van der Waals surface area contributed by atoms with E-state index in [1.54, 1.807) is 20.0 Å². The van der Waals surface area contributed by atoms with Crippen molar-refractivity contribution in [3.05, 3.63) is 29.8 Å². The third-order valence-electron chi connectivity index (χ3n) is 3.34. The number of nitrogens with two attached hydrogens (primary N) is 1. The molecule has 0 radical (unpaired) electrons. The van der Waals surface area contributed by atoms with E-state index in [1.165, 1.54) is 19.2 Å². The molecule has 0 saturated heterocycles. The van der Waals surface area contributed by atoms with Crippen LogP contribution < -0.4 is 15.6 Å². The van der Waals surface area contributed by atoms with Gasteiger partial charge < -0.3 is 30.3 Å². The zero-order valence-corrected chi connectivity index (χ0v) is 14.7. The van der Waals surface area contributed by atoms with Gasteiger partial charge in [0, 0.05) is 7.05 Å². The Bertz CT molecular complexity index is 567. The van der Waals surface area contributed by atoms with Gasteiger partial charge in [0.25, 0.3) is 0 Å². The fourth-order valence-electron chi connectivity index (χ4n) is 1.91. The molecular formula is C14H24BN2O6P. The van der Waals surface area contributed by atoms with Crippen LogP contribution in [0.1, 0.15) is 5.56 Å². The van der Waals surface area contributed by atoms with Crippen LogP contribution in [0, 0.1) is 0 Å². The number of carbonyl (C=O) groups excluding carboxylic acids is 1. The molecule has 0 heterocycles. The van der Waals surface area contributed by atoms with Crippen LogP contribution in [0.4, 0.5) is 0 Å². The molecule has 1 rings (SSSR count). The molecule has 0 bridgehead atoms. The van der Waals surface area contributed by atoms with E-state index in [0.717, 1.165) is 5.56 Å². The lowest BCUT2D eigenvalue weighted by Crippen LogP contribution is -2.40. The zero-order valence-electron chi connectivity index (χ0n) is 13.8. The summed E-state index contributed by atoms with van der Waals surface area (Å²) in [7, 11) is -0.668. The fraction of sp³-hybridized carbons (Fsp3) is 0.500. The maximum Gasteiger partial charge on any atom is 0.402 e. The molecule has 3 atom stereocenters. The van der Waals surface area contributed by atoms with Gasteiger partial charge in [-0.05, 0) is 24.1 Å². The summed E-state index contributed by atoms with van der Waals surface area (Å²) in [5.74, 6) is -0.0551. The van der Waals surface area contributed by atoms with E-state index in [2.05, 4.69) is 5.32 Å². The first-order valence-electron chi connectivity index (χ1n) is 7.61. The summed E-state index contributed by atoms with van der Waals surface area (Å²) in [6.07, 6.45) is -0.136. The molecule has 10 heteroatoms. The van der Waals surface area contributed by atoms with Crippen LogP contribution in [0.25, 0.3) is 0 Å². The van der Waals surface area contributed by atoms with Crippen molar-refractivity contribution in [3.63, 3.8) is 0 Å². The van der Waals surface area contributed by atoms with E-state index in [1.807, 2.05) is 0 Å². The average Bonchev–Trinajstić information content (AvgIpc) is 2.56. The first-order chi connectivity index (χ1) is 11.3. The first kappa shape index (κ1) is 20.7. The van der Waals surface area contributed by atoms with Crippen LogP contribution in [0.15, 0.2) is 24.3 Å². The Labute approximate surface area is 142 Å². The van der Waals surface area contributed by atoms with E-state index in [4.69, 9.17) is 20.1 Å². The number of benzene rings is 1. The lowest BCUT2D eigenvalue weighted by atomic mass is 10.0. The van der Waals surface area contributed by atoms with Crippen molar-refractivity contribution in [3.8, 4) is 5.75 Å². The number of nitrogens with one attached hydrogen (secondary N) is 1. The molecule has 24 heavy (non-hydrogen) atoms. The number of rotatable bonds is 10. The number of carbonyl (C=O) groups is 1. The second-order valence-electron chi connectivity index (χ2n) is 5.31. The number of amides is 1. The van der Waals surface area contributed by atoms with Crippen molar-refractivity contribution in [2.75, 3.05) is 20.0 Å². The molecule has 5 N–H and O–H groups in total. The predicted molar refractivity (Wildman–Crippen MR) is 92.8 cm³/mol. The quantitative estimate of drug-likeness (QED) is 0.320. The Morgan fingerprint density at radius 1 is 1.42 bits per heavy atom. The highest BCUT2D eigenvalue weighted by Crippen LogP contribution is 2.42. The molecule has 0 saturated carbocycles. The average molecular weight is 358 g/mol. The van der Waals surface area contributed by atoms with E-state index in [-0.39, 0.29) is 18.3 Å². The molecular weight excluding hydrogens is 334 g/mol. The molecule has 0 aliphatic heterocycles. The molecule has 1 aromatic rings. The van der Waals surface area contributed by atoms with Crippen molar-refractivity contribution in [2.45, 2.75) is 24.9 Å². The Kier molecular flexibility index (Phi) is 8.45. The lowest BCUT2D eigenvalue weighted by Gasteiger charge is -2.18. The van der Waals surface area contributed by atoms with Gasteiger partial charge in [0.2, 0.25) is 5.91 Å². The molecule has 1 aromatic carbocycles. The SMILES string of the molecule is BC[C@@H](CO)OCP(=O)(O)Oc1ccc(CC(N)C(=O)NC)cc1. The Morgan fingerprint density at radius 3 is 2.54 bits per heavy atom. The molecule has 0 aliphatic carbocycles. The van der Waals surface area contributed by atoms with Crippen LogP contribution in [-0.4, -0.2) is 55.9 Å². The van der Waals surface area contributed by atoms with Crippen LogP contribution in [0.2, 0.25) is 6.32 Å². The second-order valence-corrected chi connectivity index (χ2v) is 7.02. The number of hydrogen-bond acceptors (Lipinski definition) is 6. The molecule has 8 nitrogen and oxygen atoms in total. The van der Waals surface area contributed by atoms with Crippen LogP contribution >= 0.6 is 7.60 Å². The highest BCUT2D eigenvalue weighted by molar-refractivity contribution is 7.53. The highest BCUT2D eigenvalue weighted by atomic mass is 31.2. The lowest BCUT2D eigenvalue weighted by molar-refractivity contribution is -0.121. The predicted octanol–water partition coefficient (Wildman–Crippen LogP) is -0.747.